The normalized spacial score (nSPS) is 15.7. The largest absolute Gasteiger partial charge is 0.481 e. The number of hydrogen-bond donors (Lipinski definition) is 5. The number of fused-ring (bicyclic) bond motifs is 1. The van der Waals surface area contributed by atoms with Crippen LogP contribution in [-0.4, -0.2) is 123 Å². The number of rotatable bonds is 13. The summed E-state index contributed by atoms with van der Waals surface area (Å²) < 4.78 is 0. The Bertz CT molecular complexity index is 1900. The summed E-state index contributed by atoms with van der Waals surface area (Å²) in [5.41, 5.74) is -0.557. The molecule has 0 saturated carbocycles. The van der Waals surface area contributed by atoms with Gasteiger partial charge in [0, 0.05) is 62.7 Å². The lowest BCUT2D eigenvalue weighted by Crippen LogP contribution is -2.54. The summed E-state index contributed by atoms with van der Waals surface area (Å²) in [6, 6.07) is 19.3. The molecule has 5 rings (SSSR count). The molecule has 3 amide bonds. The highest BCUT2D eigenvalue weighted by Gasteiger charge is 2.41. The van der Waals surface area contributed by atoms with Crippen LogP contribution in [-0.2, 0) is 14.4 Å². The summed E-state index contributed by atoms with van der Waals surface area (Å²) in [5.74, 6) is -5.06. The van der Waals surface area contributed by atoms with Gasteiger partial charge in [0.05, 0.1) is 34.5 Å². The van der Waals surface area contributed by atoms with Crippen LogP contribution < -0.4 is 5.32 Å². The molecule has 1 atom stereocenters. The minimum atomic E-state index is -2.74. The molecule has 2 saturated heterocycles. The van der Waals surface area contributed by atoms with Gasteiger partial charge < -0.3 is 40.4 Å². The second-order valence-corrected chi connectivity index (χ2v) is 14.3. The first kappa shape index (κ1) is 41.8. The molecule has 2 aliphatic rings. The summed E-state index contributed by atoms with van der Waals surface area (Å²) >= 11 is 12.6. The predicted octanol–water partition coefficient (Wildman–Crippen LogP) is 4.90. The van der Waals surface area contributed by atoms with Crippen LogP contribution in [0.2, 0.25) is 10.0 Å². The molecule has 0 unspecified atom stereocenters. The highest BCUT2D eigenvalue weighted by Crippen LogP contribution is 2.31. The van der Waals surface area contributed by atoms with Crippen molar-refractivity contribution >= 4 is 63.8 Å². The van der Waals surface area contributed by atoms with E-state index in [1.165, 1.54) is 0 Å². The molecule has 0 spiro atoms. The van der Waals surface area contributed by atoms with Crippen molar-refractivity contribution in [3.63, 3.8) is 0 Å². The Balaban J connectivity index is 0.000000428. The lowest BCUT2D eigenvalue weighted by Gasteiger charge is -2.40. The van der Waals surface area contributed by atoms with Crippen molar-refractivity contribution < 1.29 is 44.4 Å². The van der Waals surface area contributed by atoms with E-state index in [9.17, 15) is 29.2 Å². The number of aliphatic hydroxyl groups is 1. The fraction of sp³-hybridized carbons (Fsp3) is 0.421. The van der Waals surface area contributed by atoms with E-state index in [0.29, 0.717) is 33.8 Å². The summed E-state index contributed by atoms with van der Waals surface area (Å²) in [4.78, 5) is 62.7. The zero-order valence-corrected chi connectivity index (χ0v) is 31.2. The molecule has 3 aromatic carbocycles. The number of likely N-dealkylation sites (N-methyl/N-ethyl adjacent to an activating group) is 1. The molecule has 0 bridgehead atoms. The van der Waals surface area contributed by atoms with Crippen LogP contribution in [0.3, 0.4) is 0 Å². The molecule has 288 valence electrons. The molecular weight excluding hydrogens is 741 g/mol. The molecule has 0 radical (unpaired) electrons. The van der Waals surface area contributed by atoms with Gasteiger partial charge in [-0.05, 0) is 67.4 Å². The second-order valence-electron chi connectivity index (χ2n) is 13.5. The smallest absolute Gasteiger partial charge is 0.336 e. The van der Waals surface area contributed by atoms with Crippen LogP contribution in [0.1, 0.15) is 65.9 Å². The number of carboxylic acid groups (broad SMARTS) is 3. The average molecular weight is 785 g/mol. The number of amides is 3. The number of halogens is 2. The second kappa shape index (κ2) is 18.9. The van der Waals surface area contributed by atoms with Gasteiger partial charge in [-0.1, -0.05) is 53.5 Å². The number of nitrogens with one attached hydrogen (secondary N) is 1. The third kappa shape index (κ3) is 10.8. The Labute approximate surface area is 322 Å². The number of likely N-dealkylation sites (tertiary alicyclic amines) is 1. The van der Waals surface area contributed by atoms with E-state index in [2.05, 4.69) is 16.3 Å². The van der Waals surface area contributed by atoms with Crippen LogP contribution in [0.5, 0.6) is 0 Å². The highest BCUT2D eigenvalue weighted by molar-refractivity contribution is 6.42. The number of nitrogens with zero attached hydrogens (tertiary/aromatic N) is 4. The van der Waals surface area contributed by atoms with Crippen molar-refractivity contribution in [3.8, 4) is 6.07 Å². The molecule has 2 heterocycles. The van der Waals surface area contributed by atoms with Gasteiger partial charge in [-0.3, -0.25) is 14.4 Å². The molecule has 5 N–H and O–H groups in total. The van der Waals surface area contributed by atoms with Gasteiger partial charge in [-0.25, -0.2) is 9.59 Å². The van der Waals surface area contributed by atoms with Gasteiger partial charge in [0.1, 0.15) is 0 Å². The monoisotopic (exact) mass is 783 g/mol. The van der Waals surface area contributed by atoms with E-state index in [1.54, 1.807) is 17.0 Å². The molecule has 16 heteroatoms. The minimum Gasteiger partial charge on any atom is -0.481 e. The first-order valence-electron chi connectivity index (χ1n) is 17.4. The maximum absolute atomic E-state index is 13.7. The number of hydrogen-bond acceptors (Lipinski definition) is 8. The predicted molar refractivity (Wildman–Crippen MR) is 201 cm³/mol. The Morgan fingerprint density at radius 3 is 2.19 bits per heavy atom. The number of nitriles is 1. The average Bonchev–Trinajstić information content (AvgIpc) is 3.13. The molecular formula is C38H43Cl2N5O9. The molecule has 54 heavy (non-hydrogen) atoms. The molecule has 2 fully saturated rings. The van der Waals surface area contributed by atoms with E-state index >= 15 is 0 Å². The van der Waals surface area contributed by atoms with Crippen LogP contribution in [0, 0.1) is 11.3 Å². The molecule has 2 aliphatic heterocycles. The van der Waals surface area contributed by atoms with Gasteiger partial charge >= 0.3 is 23.9 Å². The Morgan fingerprint density at radius 2 is 1.61 bits per heavy atom. The van der Waals surface area contributed by atoms with Gasteiger partial charge in [-0.15, -0.1) is 0 Å². The van der Waals surface area contributed by atoms with E-state index in [-0.39, 0.29) is 17.9 Å². The van der Waals surface area contributed by atoms with Crippen LogP contribution in [0.4, 0.5) is 4.79 Å². The van der Waals surface area contributed by atoms with Crippen molar-refractivity contribution in [2.45, 2.75) is 56.1 Å². The van der Waals surface area contributed by atoms with E-state index < -0.39 is 36.4 Å². The first-order chi connectivity index (χ1) is 25.6. The zero-order chi connectivity index (χ0) is 39.6. The standard InChI is InChI=1S/C32H35Cl2N5O2.C6H8O7/c1-37(31(40)28-9-7-23(20-35)26-5-2-3-6-27(26)28)21-24(22-8-10-29(33)30(34)19-22)11-16-38-17-12-25(13-18-38)39-15-4-14-36-32(39)41;7-3(8)1-6(13,5(11)12)2-4(9)10/h2-3,5-10,19,24-25H,4,11-18,21H2,1H3,(H,36,41);13H,1-2H2,(H,7,8)(H,9,10)(H,11,12)/t24-;/m1./s1. The van der Waals surface area contributed by atoms with Crippen molar-refractivity contribution in [1.29, 1.82) is 5.26 Å². The molecule has 14 nitrogen and oxygen atoms in total. The molecule has 0 aliphatic carbocycles. The van der Waals surface area contributed by atoms with E-state index in [4.69, 9.17) is 43.6 Å². The first-order valence-corrected chi connectivity index (χ1v) is 18.2. The number of aliphatic carboxylic acids is 3. The maximum atomic E-state index is 13.7. The van der Waals surface area contributed by atoms with Crippen LogP contribution >= 0.6 is 23.2 Å². The summed E-state index contributed by atoms with van der Waals surface area (Å²) in [5, 5.41) is 48.9. The van der Waals surface area contributed by atoms with Gasteiger partial charge in [0.2, 0.25) is 0 Å². The summed E-state index contributed by atoms with van der Waals surface area (Å²) in [6.45, 7) is 4.87. The van der Waals surface area contributed by atoms with Crippen molar-refractivity contribution in [2.24, 2.45) is 0 Å². The number of urea groups is 1. The fourth-order valence-corrected chi connectivity index (χ4v) is 7.14. The topological polar surface area (TPSA) is 212 Å². The van der Waals surface area contributed by atoms with Crippen molar-refractivity contribution in [2.75, 3.05) is 46.3 Å². The Morgan fingerprint density at radius 1 is 0.963 bits per heavy atom. The molecule has 0 aromatic heterocycles. The third-order valence-electron chi connectivity index (χ3n) is 9.72. The van der Waals surface area contributed by atoms with Gasteiger partial charge in [0.25, 0.3) is 5.91 Å². The SMILES string of the molecule is CN(C[C@@H](CCN1CCC(N2CCCNC2=O)CC1)c1ccc(Cl)c(Cl)c1)C(=O)c1ccc(C#N)c2ccccc12.O=C(O)CC(O)(CC(=O)O)C(=O)O. The molecule has 3 aromatic rings. The van der Waals surface area contributed by atoms with Crippen LogP contribution in [0.25, 0.3) is 10.8 Å². The zero-order valence-electron chi connectivity index (χ0n) is 29.7. The van der Waals surface area contributed by atoms with E-state index in [0.717, 1.165) is 74.7 Å². The Kier molecular flexibility index (Phi) is 14.6. The fourth-order valence-electron chi connectivity index (χ4n) is 6.84. The van der Waals surface area contributed by atoms with Crippen LogP contribution in [0.15, 0.2) is 54.6 Å². The minimum absolute atomic E-state index is 0.0500. The number of piperidine rings is 1. The number of benzene rings is 3. The van der Waals surface area contributed by atoms with Crippen molar-refractivity contribution in [1.82, 2.24) is 20.0 Å². The van der Waals surface area contributed by atoms with Gasteiger partial charge in [-0.2, -0.15) is 5.26 Å². The summed E-state index contributed by atoms with van der Waals surface area (Å²) in [6.07, 6.45) is 1.49. The lowest BCUT2D eigenvalue weighted by molar-refractivity contribution is -0.170. The number of carbonyl (C=O) groups excluding carboxylic acids is 2. The number of carbonyl (C=O) groups is 5. The maximum Gasteiger partial charge on any atom is 0.336 e. The Hall–Kier alpha value is -4.94. The third-order valence-corrected chi connectivity index (χ3v) is 10.5. The summed E-state index contributed by atoms with van der Waals surface area (Å²) in [7, 11) is 1.83. The van der Waals surface area contributed by atoms with Crippen molar-refractivity contribution in [3.05, 3.63) is 81.3 Å². The lowest BCUT2D eigenvalue weighted by atomic mass is 9.93. The highest BCUT2D eigenvalue weighted by atomic mass is 35.5. The number of carboxylic acids is 3. The quantitative estimate of drug-likeness (QED) is 0.157. The van der Waals surface area contributed by atoms with Gasteiger partial charge in [0.15, 0.2) is 5.60 Å². The van der Waals surface area contributed by atoms with E-state index in [1.807, 2.05) is 54.4 Å².